The first kappa shape index (κ1) is 11.2. The number of aromatic nitrogens is 2. The van der Waals surface area contributed by atoms with Crippen LogP contribution in [0.1, 0.15) is 10.4 Å². The van der Waals surface area contributed by atoms with Gasteiger partial charge in [-0.05, 0) is 12.1 Å². The number of carboxylic acids is 1. The van der Waals surface area contributed by atoms with Crippen molar-refractivity contribution in [3.63, 3.8) is 0 Å². The molecule has 1 aromatic heterocycles. The molecule has 0 aliphatic heterocycles. The third kappa shape index (κ3) is 1.86. The van der Waals surface area contributed by atoms with Gasteiger partial charge in [-0.1, -0.05) is 0 Å². The van der Waals surface area contributed by atoms with Crippen LogP contribution in [0, 0.1) is 0 Å². The molecule has 0 aliphatic rings. The summed E-state index contributed by atoms with van der Waals surface area (Å²) in [7, 11) is 1.14. The van der Waals surface area contributed by atoms with Gasteiger partial charge in [0.15, 0.2) is 0 Å². The normalized spacial score (nSPS) is 11.8. The molecule has 0 atom stereocenters. The lowest BCUT2D eigenvalue weighted by Crippen LogP contribution is -2.00. The Labute approximate surface area is 98.2 Å². The molecule has 0 saturated heterocycles. The van der Waals surface area contributed by atoms with E-state index >= 15 is 0 Å². The van der Waals surface area contributed by atoms with Crippen molar-refractivity contribution in [3.8, 4) is 0 Å². The van der Waals surface area contributed by atoms with Gasteiger partial charge in [0, 0.05) is 10.7 Å². The van der Waals surface area contributed by atoms with E-state index in [0.29, 0.717) is 0 Å². The molecule has 1 heterocycles. The summed E-state index contributed by atoms with van der Waals surface area (Å²) in [6.07, 6.45) is 0. The zero-order valence-corrected chi connectivity index (χ0v) is 9.80. The first-order chi connectivity index (χ1) is 7.39. The Bertz CT molecular complexity index is 679. The Hall–Kier alpha value is -1.25. The highest BCUT2D eigenvalue weighted by Gasteiger charge is 2.20. The van der Waals surface area contributed by atoms with E-state index in [9.17, 15) is 13.2 Å². The van der Waals surface area contributed by atoms with Gasteiger partial charge in [-0.15, -0.1) is 0 Å². The van der Waals surface area contributed by atoms with Gasteiger partial charge in [0.05, 0.1) is 17.3 Å². The van der Waals surface area contributed by atoms with Crippen molar-refractivity contribution in [3.05, 3.63) is 17.7 Å². The number of halogens is 1. The fourth-order valence-corrected chi connectivity index (χ4v) is 2.77. The molecule has 2 aromatic rings. The fraction of sp³-hybridized carbons (Fsp3) is 0. The highest BCUT2D eigenvalue weighted by molar-refractivity contribution is 8.14. The third-order valence-electron chi connectivity index (χ3n) is 1.84. The Morgan fingerprint density at radius 1 is 1.38 bits per heavy atom. The molecular weight excluding hydrogens is 276 g/mol. The largest absolute Gasteiger partial charge is 0.478 e. The van der Waals surface area contributed by atoms with Crippen LogP contribution in [0.2, 0.25) is 0 Å². The SMILES string of the molecule is O=C(O)c1cc(S(=O)(=O)Cl)c2nsnc2c1. The minimum Gasteiger partial charge on any atom is -0.478 e. The maximum Gasteiger partial charge on any atom is 0.335 e. The molecule has 0 bridgehead atoms. The second-order valence-corrected chi connectivity index (χ2v) is 5.91. The lowest BCUT2D eigenvalue weighted by molar-refractivity contribution is 0.0697. The summed E-state index contributed by atoms with van der Waals surface area (Å²) in [6, 6.07) is 2.21. The number of nitrogens with zero attached hydrogens (tertiary/aromatic N) is 2. The molecule has 2 rings (SSSR count). The fourth-order valence-electron chi connectivity index (χ4n) is 1.17. The van der Waals surface area contributed by atoms with Gasteiger partial charge in [-0.25, -0.2) is 13.2 Å². The second-order valence-electron chi connectivity index (χ2n) is 2.85. The van der Waals surface area contributed by atoms with E-state index in [2.05, 4.69) is 8.75 Å². The van der Waals surface area contributed by atoms with Crippen LogP contribution in [0.15, 0.2) is 17.0 Å². The van der Waals surface area contributed by atoms with E-state index in [-0.39, 0.29) is 21.5 Å². The third-order valence-corrected chi connectivity index (χ3v) is 3.71. The van der Waals surface area contributed by atoms with E-state index in [4.69, 9.17) is 15.8 Å². The van der Waals surface area contributed by atoms with Crippen LogP contribution in [-0.4, -0.2) is 28.2 Å². The molecule has 0 amide bonds. The number of rotatable bonds is 2. The Kier molecular flexibility index (Phi) is 2.56. The summed E-state index contributed by atoms with van der Waals surface area (Å²) in [5, 5.41) is 8.79. The van der Waals surface area contributed by atoms with Gasteiger partial charge in [0.25, 0.3) is 9.05 Å². The molecule has 0 unspecified atom stereocenters. The Morgan fingerprint density at radius 2 is 2.06 bits per heavy atom. The number of fused-ring (bicyclic) bond motifs is 1. The summed E-state index contributed by atoms with van der Waals surface area (Å²) >= 11 is 0.788. The van der Waals surface area contributed by atoms with Crippen LogP contribution in [0.4, 0.5) is 0 Å². The zero-order valence-electron chi connectivity index (χ0n) is 7.42. The molecule has 16 heavy (non-hydrogen) atoms. The van der Waals surface area contributed by atoms with Gasteiger partial charge >= 0.3 is 5.97 Å². The molecular formula is C7H3ClN2O4S2. The monoisotopic (exact) mass is 278 g/mol. The van der Waals surface area contributed by atoms with Gasteiger partial charge in [0.1, 0.15) is 15.9 Å². The van der Waals surface area contributed by atoms with E-state index < -0.39 is 15.0 Å². The molecule has 0 saturated carbocycles. The zero-order chi connectivity index (χ0) is 11.9. The van der Waals surface area contributed by atoms with Gasteiger partial charge < -0.3 is 5.11 Å². The summed E-state index contributed by atoms with van der Waals surface area (Å²) < 4.78 is 30.0. The highest BCUT2D eigenvalue weighted by Crippen LogP contribution is 2.26. The van der Waals surface area contributed by atoms with Crippen LogP contribution in [0.5, 0.6) is 0 Å². The quantitative estimate of drug-likeness (QED) is 0.832. The Morgan fingerprint density at radius 3 is 2.62 bits per heavy atom. The molecule has 0 aliphatic carbocycles. The summed E-state index contributed by atoms with van der Waals surface area (Å²) in [5.41, 5.74) is 0.0913. The number of hydrogen-bond acceptors (Lipinski definition) is 6. The minimum atomic E-state index is -4.04. The van der Waals surface area contributed by atoms with Crippen LogP contribution < -0.4 is 0 Å². The lowest BCUT2D eigenvalue weighted by Gasteiger charge is -1.99. The maximum atomic E-state index is 11.2. The minimum absolute atomic E-state index is 0.0880. The molecule has 0 spiro atoms. The first-order valence-electron chi connectivity index (χ1n) is 3.84. The van der Waals surface area contributed by atoms with Crippen LogP contribution in [0.3, 0.4) is 0 Å². The smallest absolute Gasteiger partial charge is 0.335 e. The topological polar surface area (TPSA) is 97.2 Å². The van der Waals surface area contributed by atoms with Crippen molar-refractivity contribution in [2.24, 2.45) is 0 Å². The lowest BCUT2D eigenvalue weighted by atomic mass is 10.2. The number of aromatic carboxylic acids is 1. The van der Waals surface area contributed by atoms with Crippen LogP contribution in [-0.2, 0) is 9.05 Å². The number of hydrogen-bond donors (Lipinski definition) is 1. The van der Waals surface area contributed by atoms with Gasteiger partial charge in [-0.2, -0.15) is 8.75 Å². The van der Waals surface area contributed by atoms with E-state index in [1.54, 1.807) is 0 Å². The molecule has 0 radical (unpaired) electrons. The number of carboxylic acid groups (broad SMARTS) is 1. The van der Waals surface area contributed by atoms with Crippen molar-refractivity contribution in [1.82, 2.24) is 8.75 Å². The molecule has 6 nitrogen and oxygen atoms in total. The molecule has 84 valence electrons. The van der Waals surface area contributed by atoms with Crippen LogP contribution in [0.25, 0.3) is 11.0 Å². The van der Waals surface area contributed by atoms with Gasteiger partial charge in [0.2, 0.25) is 0 Å². The number of benzene rings is 1. The molecule has 1 aromatic carbocycles. The van der Waals surface area contributed by atoms with Crippen LogP contribution >= 0.6 is 22.4 Å². The first-order valence-corrected chi connectivity index (χ1v) is 6.88. The van der Waals surface area contributed by atoms with Crippen molar-refractivity contribution >= 4 is 48.5 Å². The van der Waals surface area contributed by atoms with Crippen molar-refractivity contribution in [1.29, 1.82) is 0 Å². The van der Waals surface area contributed by atoms with Crippen molar-refractivity contribution in [2.45, 2.75) is 4.90 Å². The average molecular weight is 279 g/mol. The predicted molar refractivity (Wildman–Crippen MR) is 57.4 cm³/mol. The highest BCUT2D eigenvalue weighted by atomic mass is 35.7. The van der Waals surface area contributed by atoms with E-state index in [1.165, 1.54) is 6.07 Å². The average Bonchev–Trinajstić information content (AvgIpc) is 2.61. The standard InChI is InChI=1S/C7H3ClN2O4S2/c8-16(13,14)5-2-3(7(11)12)1-4-6(5)10-15-9-4/h1-2H,(H,11,12). The summed E-state index contributed by atoms with van der Waals surface area (Å²) in [6.45, 7) is 0. The summed E-state index contributed by atoms with van der Waals surface area (Å²) in [5.74, 6) is -1.25. The maximum absolute atomic E-state index is 11.2. The van der Waals surface area contributed by atoms with Crippen molar-refractivity contribution < 1.29 is 18.3 Å². The predicted octanol–water partition coefficient (Wildman–Crippen LogP) is 1.32. The molecule has 1 N–H and O–H groups in total. The summed E-state index contributed by atoms with van der Waals surface area (Å²) in [4.78, 5) is 10.4. The van der Waals surface area contributed by atoms with Gasteiger partial charge in [-0.3, -0.25) is 0 Å². The van der Waals surface area contributed by atoms with E-state index in [1.807, 2.05) is 0 Å². The Balaban J connectivity index is 2.89. The molecule has 0 fully saturated rings. The van der Waals surface area contributed by atoms with E-state index in [0.717, 1.165) is 17.8 Å². The molecule has 9 heteroatoms. The van der Waals surface area contributed by atoms with Crippen molar-refractivity contribution in [2.75, 3.05) is 0 Å². The number of carbonyl (C=O) groups is 1. The second kappa shape index (κ2) is 3.65.